The van der Waals surface area contributed by atoms with Crippen LogP contribution in [0.3, 0.4) is 0 Å². The minimum atomic E-state index is -0.0729. The van der Waals surface area contributed by atoms with Crippen LogP contribution in [0.25, 0.3) is 0 Å². The van der Waals surface area contributed by atoms with Crippen molar-refractivity contribution in [1.29, 1.82) is 0 Å². The van der Waals surface area contributed by atoms with Crippen molar-refractivity contribution in [3.05, 3.63) is 106 Å². The van der Waals surface area contributed by atoms with E-state index in [9.17, 15) is 4.79 Å². The second kappa shape index (κ2) is 12.0. The molecule has 0 aliphatic carbocycles. The Labute approximate surface area is 207 Å². The fourth-order valence-corrected chi connectivity index (χ4v) is 4.31. The molecule has 0 saturated carbocycles. The molecular weight excluding hydrogens is 446 g/mol. The summed E-state index contributed by atoms with van der Waals surface area (Å²) in [4.78, 5) is 16.9. The Morgan fingerprint density at radius 1 is 0.941 bits per heavy atom. The quantitative estimate of drug-likeness (QED) is 0.470. The first-order valence-corrected chi connectivity index (χ1v) is 12.2. The largest absolute Gasteiger partial charge is 0.368 e. The van der Waals surface area contributed by atoms with Crippen LogP contribution in [0.1, 0.15) is 28.4 Å². The summed E-state index contributed by atoms with van der Waals surface area (Å²) in [6.07, 6.45) is -0.0729. The Balaban J connectivity index is 1.31. The predicted molar refractivity (Wildman–Crippen MR) is 137 cm³/mol. The Bertz CT molecular complexity index is 1050. The summed E-state index contributed by atoms with van der Waals surface area (Å²) in [6, 6.07) is 26.3. The van der Waals surface area contributed by atoms with Gasteiger partial charge in [0.05, 0.1) is 12.7 Å². The topological polar surface area (TPSA) is 44.8 Å². The van der Waals surface area contributed by atoms with Crippen molar-refractivity contribution in [3.8, 4) is 0 Å². The number of hydrogen-bond acceptors (Lipinski definition) is 3. The molecule has 3 aromatic carbocycles. The number of nitrogens with zero attached hydrogens (tertiary/aromatic N) is 2. The van der Waals surface area contributed by atoms with Gasteiger partial charge in [0.15, 0.2) is 0 Å². The summed E-state index contributed by atoms with van der Waals surface area (Å²) in [7, 11) is 0. The number of halogens is 1. The Hall–Kier alpha value is -2.86. The highest BCUT2D eigenvalue weighted by Gasteiger charge is 2.24. The van der Waals surface area contributed by atoms with Crippen molar-refractivity contribution in [1.82, 2.24) is 15.1 Å². The Morgan fingerprint density at radius 2 is 1.65 bits per heavy atom. The van der Waals surface area contributed by atoms with Crippen molar-refractivity contribution >= 4 is 17.6 Å². The molecule has 1 aliphatic heterocycles. The number of benzene rings is 3. The zero-order valence-electron chi connectivity index (χ0n) is 19.6. The van der Waals surface area contributed by atoms with Gasteiger partial charge in [-0.25, -0.2) is 4.79 Å². The summed E-state index contributed by atoms with van der Waals surface area (Å²) in [5.74, 6) is 0. The molecule has 1 atom stereocenters. The number of aryl methyl sites for hydroxylation is 1. The summed E-state index contributed by atoms with van der Waals surface area (Å²) in [5.41, 5.74) is 4.61. The van der Waals surface area contributed by atoms with Gasteiger partial charge in [0, 0.05) is 44.3 Å². The van der Waals surface area contributed by atoms with Crippen LogP contribution in [-0.4, -0.2) is 48.6 Å². The molecule has 0 aromatic heterocycles. The van der Waals surface area contributed by atoms with E-state index in [4.69, 9.17) is 16.3 Å². The first kappa shape index (κ1) is 24.3. The molecule has 1 aliphatic rings. The van der Waals surface area contributed by atoms with Crippen molar-refractivity contribution < 1.29 is 9.53 Å². The van der Waals surface area contributed by atoms with E-state index in [0.29, 0.717) is 26.2 Å². The third-order valence-electron chi connectivity index (χ3n) is 6.15. The van der Waals surface area contributed by atoms with Gasteiger partial charge < -0.3 is 15.0 Å². The first-order valence-electron chi connectivity index (χ1n) is 11.8. The molecule has 1 fully saturated rings. The van der Waals surface area contributed by atoms with E-state index in [1.54, 1.807) is 0 Å². The van der Waals surface area contributed by atoms with Gasteiger partial charge in [-0.15, -0.1) is 0 Å². The number of rotatable bonds is 8. The van der Waals surface area contributed by atoms with E-state index in [1.807, 2.05) is 59.5 Å². The molecule has 5 nitrogen and oxygen atoms in total. The van der Waals surface area contributed by atoms with Crippen LogP contribution in [0.5, 0.6) is 0 Å². The molecule has 0 spiro atoms. The number of carbonyl (C=O) groups is 1. The van der Waals surface area contributed by atoms with Gasteiger partial charge in [-0.3, -0.25) is 4.90 Å². The van der Waals surface area contributed by atoms with E-state index < -0.39 is 0 Å². The lowest BCUT2D eigenvalue weighted by molar-refractivity contribution is 0.00554. The number of ether oxygens (including phenoxy) is 1. The third kappa shape index (κ3) is 7.07. The van der Waals surface area contributed by atoms with Crippen LogP contribution in [0.2, 0.25) is 5.02 Å². The fraction of sp³-hybridized carbons (Fsp3) is 0.321. The van der Waals surface area contributed by atoms with Gasteiger partial charge >= 0.3 is 6.03 Å². The van der Waals surface area contributed by atoms with Crippen LogP contribution in [0.4, 0.5) is 4.79 Å². The standard InChI is InChI=1S/C28H32ClN3O2/c1-22-6-5-9-24(18-22)21-34-27(25-10-12-26(29)13-11-25)20-31-14-16-32(17-15-31)28(33)30-19-23-7-3-2-4-8-23/h2-13,18,27H,14-17,19-21H2,1H3,(H,30,33). The molecule has 0 bridgehead atoms. The molecule has 0 radical (unpaired) electrons. The Morgan fingerprint density at radius 3 is 2.35 bits per heavy atom. The van der Waals surface area contributed by atoms with Crippen molar-refractivity contribution in [2.45, 2.75) is 26.2 Å². The van der Waals surface area contributed by atoms with Crippen LogP contribution >= 0.6 is 11.6 Å². The number of urea groups is 1. The van der Waals surface area contributed by atoms with E-state index in [1.165, 1.54) is 11.1 Å². The maximum absolute atomic E-state index is 12.6. The van der Waals surface area contributed by atoms with E-state index in [-0.39, 0.29) is 12.1 Å². The molecule has 34 heavy (non-hydrogen) atoms. The van der Waals surface area contributed by atoms with Crippen molar-refractivity contribution in [2.75, 3.05) is 32.7 Å². The molecule has 6 heteroatoms. The monoisotopic (exact) mass is 477 g/mol. The smallest absolute Gasteiger partial charge is 0.317 e. The summed E-state index contributed by atoms with van der Waals surface area (Å²) >= 11 is 6.11. The fourth-order valence-electron chi connectivity index (χ4n) is 4.18. The van der Waals surface area contributed by atoms with Gasteiger partial charge in [0.25, 0.3) is 0 Å². The van der Waals surface area contributed by atoms with Crippen LogP contribution < -0.4 is 5.32 Å². The van der Waals surface area contributed by atoms with E-state index in [0.717, 1.165) is 35.8 Å². The van der Waals surface area contributed by atoms with Crippen molar-refractivity contribution in [2.24, 2.45) is 0 Å². The van der Waals surface area contributed by atoms with Gasteiger partial charge in [-0.05, 0) is 35.7 Å². The number of carbonyl (C=O) groups excluding carboxylic acids is 1. The maximum atomic E-state index is 12.6. The van der Waals surface area contributed by atoms with Crippen LogP contribution in [-0.2, 0) is 17.9 Å². The van der Waals surface area contributed by atoms with Gasteiger partial charge in [-0.1, -0.05) is 83.9 Å². The second-order valence-corrected chi connectivity index (χ2v) is 9.21. The molecule has 1 saturated heterocycles. The van der Waals surface area contributed by atoms with Crippen LogP contribution in [0.15, 0.2) is 78.9 Å². The number of piperazine rings is 1. The zero-order chi connectivity index (χ0) is 23.8. The van der Waals surface area contributed by atoms with E-state index >= 15 is 0 Å². The van der Waals surface area contributed by atoms with Crippen LogP contribution in [0, 0.1) is 6.92 Å². The average Bonchev–Trinajstić information content (AvgIpc) is 2.87. The van der Waals surface area contributed by atoms with Gasteiger partial charge in [0.2, 0.25) is 0 Å². The number of nitrogens with one attached hydrogen (secondary N) is 1. The van der Waals surface area contributed by atoms with E-state index in [2.05, 4.69) is 41.4 Å². The lowest BCUT2D eigenvalue weighted by Gasteiger charge is -2.36. The summed E-state index contributed by atoms with van der Waals surface area (Å²) < 4.78 is 6.40. The van der Waals surface area contributed by atoms with Gasteiger partial charge in [-0.2, -0.15) is 0 Å². The molecule has 178 valence electrons. The molecule has 1 unspecified atom stereocenters. The minimum absolute atomic E-state index is 0.00606. The van der Waals surface area contributed by atoms with Crippen molar-refractivity contribution in [3.63, 3.8) is 0 Å². The molecular formula is C28H32ClN3O2. The highest BCUT2D eigenvalue weighted by Crippen LogP contribution is 2.23. The minimum Gasteiger partial charge on any atom is -0.368 e. The summed E-state index contributed by atoms with van der Waals surface area (Å²) in [5, 5.41) is 3.75. The zero-order valence-corrected chi connectivity index (χ0v) is 20.4. The lowest BCUT2D eigenvalue weighted by Crippen LogP contribution is -2.52. The molecule has 1 N–H and O–H groups in total. The molecule has 4 rings (SSSR count). The Kier molecular flexibility index (Phi) is 8.58. The molecule has 2 amide bonds. The predicted octanol–water partition coefficient (Wildman–Crippen LogP) is 5.43. The maximum Gasteiger partial charge on any atom is 0.317 e. The number of hydrogen-bond donors (Lipinski definition) is 1. The lowest BCUT2D eigenvalue weighted by atomic mass is 10.1. The SMILES string of the molecule is Cc1cccc(COC(CN2CCN(C(=O)NCc3ccccc3)CC2)c2ccc(Cl)cc2)c1. The molecule has 3 aromatic rings. The highest BCUT2D eigenvalue weighted by molar-refractivity contribution is 6.30. The summed E-state index contributed by atoms with van der Waals surface area (Å²) in [6.45, 7) is 7.00. The normalized spacial score (nSPS) is 15.2. The highest BCUT2D eigenvalue weighted by atomic mass is 35.5. The third-order valence-corrected chi connectivity index (χ3v) is 6.40. The second-order valence-electron chi connectivity index (χ2n) is 8.77. The number of amides is 2. The molecule has 1 heterocycles. The average molecular weight is 478 g/mol. The first-order chi connectivity index (χ1) is 16.6. The van der Waals surface area contributed by atoms with Gasteiger partial charge in [0.1, 0.15) is 0 Å².